The SMILES string of the molecule is C1CCOC1.O=CO[O-].O=S([O-])c1cccc2ccccc12.O=[N+]([O-])c1ccc(F)cc1CBr.O=[N+]([O-])c1ccc(F)cc1CCc1cccc2ccccc12.[H-].[K+].[K+].[Na+]. The number of alkyl halides is 1. The molecule has 7 rings (SSSR count). The summed E-state index contributed by atoms with van der Waals surface area (Å²) in [6.45, 7) is 1.82. The molecule has 1 aliphatic heterocycles. The fraction of sp³-hybridized carbons (Fsp3) is 0.175. The van der Waals surface area contributed by atoms with Gasteiger partial charge in [-0.25, -0.2) is 8.78 Å². The zero-order valence-electron chi connectivity index (χ0n) is 33.6. The molecule has 0 saturated carbocycles. The van der Waals surface area contributed by atoms with E-state index in [-0.39, 0.29) is 157 Å². The average Bonchev–Trinajstić information content (AvgIpc) is 3.81. The maximum Gasteiger partial charge on any atom is 1.00 e. The number of ether oxygens (including phenoxy) is 1. The summed E-state index contributed by atoms with van der Waals surface area (Å²) in [5.41, 5.74) is 1.80. The summed E-state index contributed by atoms with van der Waals surface area (Å²) < 4.78 is 52.5. The van der Waals surface area contributed by atoms with Crippen LogP contribution in [-0.4, -0.2) is 38.3 Å². The van der Waals surface area contributed by atoms with Gasteiger partial charge in [-0.3, -0.25) is 29.2 Å². The molecule has 0 spiro atoms. The monoisotopic (exact) mass is 954 g/mol. The molecular formula is C40H36BrF2K2N2NaO10S. The first-order valence-corrected chi connectivity index (χ1v) is 19.0. The second-order valence-corrected chi connectivity index (χ2v) is 13.0. The van der Waals surface area contributed by atoms with Crippen LogP contribution >= 0.6 is 15.9 Å². The number of fused-ring (bicyclic) bond motifs is 2. The Morgan fingerprint density at radius 1 is 0.712 bits per heavy atom. The molecule has 59 heavy (non-hydrogen) atoms. The minimum absolute atomic E-state index is 0. The standard InChI is InChI=1S/C18H14FNO2.C10H8O2S.C7H5BrFNO2.C4H8O.CH2O3.2K.Na.H/c19-16-10-11-18(20(21)22)15(12-16)9-8-14-6-3-5-13-4-1-2-7-17(13)14;11-13(12)10-7-3-5-8-4-1-2-6-9(8)10;8-4-5-3-6(9)1-2-7(5)10(11)12;1-2-4-5-3-1;2-1-4-3;;;;/h1-7,10-12H,8-9H2;1-7H,(H,11,12);1-3H,4H2;1-4H2;1,3H;;;;/q;;;;;3*+1;-1/p-2. The maximum atomic E-state index is 13.4. The molecule has 0 amide bonds. The van der Waals surface area contributed by atoms with E-state index in [1.165, 1.54) is 25.0 Å². The van der Waals surface area contributed by atoms with Crippen molar-refractivity contribution in [2.75, 3.05) is 13.2 Å². The van der Waals surface area contributed by atoms with E-state index in [1.807, 2.05) is 66.7 Å². The van der Waals surface area contributed by atoms with Crippen LogP contribution in [0, 0.1) is 31.9 Å². The fourth-order valence-electron chi connectivity index (χ4n) is 5.40. The molecule has 0 aliphatic carbocycles. The third-order valence-corrected chi connectivity index (χ3v) is 9.28. The molecule has 1 fully saturated rings. The molecule has 12 nitrogen and oxygen atoms in total. The van der Waals surface area contributed by atoms with Gasteiger partial charge in [-0.15, -0.1) is 0 Å². The largest absolute Gasteiger partial charge is 1.00 e. The van der Waals surface area contributed by atoms with E-state index in [1.54, 1.807) is 18.2 Å². The van der Waals surface area contributed by atoms with Crippen LogP contribution in [0.25, 0.3) is 21.5 Å². The predicted molar refractivity (Wildman–Crippen MR) is 210 cm³/mol. The quantitative estimate of drug-likeness (QED) is 0.0375. The number of nitro groups is 2. The predicted octanol–water partition coefficient (Wildman–Crippen LogP) is -0.265. The number of aryl methyl sites for hydroxylation is 2. The summed E-state index contributed by atoms with van der Waals surface area (Å²) in [6.07, 6.45) is 3.62. The summed E-state index contributed by atoms with van der Waals surface area (Å²) in [7, 11) is 0. The molecule has 1 atom stereocenters. The van der Waals surface area contributed by atoms with Crippen molar-refractivity contribution in [3.05, 3.63) is 170 Å². The minimum atomic E-state index is -2.15. The van der Waals surface area contributed by atoms with Gasteiger partial charge >= 0.3 is 132 Å². The third kappa shape index (κ3) is 20.2. The van der Waals surface area contributed by atoms with Crippen molar-refractivity contribution in [3.63, 3.8) is 0 Å². The molecule has 0 aromatic heterocycles. The number of nitrogens with zero attached hydrogens (tertiary/aromatic N) is 2. The first-order valence-electron chi connectivity index (χ1n) is 16.8. The van der Waals surface area contributed by atoms with Gasteiger partial charge in [-0.2, -0.15) is 0 Å². The molecule has 296 valence electrons. The number of hydrogen-bond acceptors (Lipinski definition) is 10. The first kappa shape index (κ1) is 57.8. The van der Waals surface area contributed by atoms with Gasteiger partial charge in [0.05, 0.1) is 9.85 Å². The molecule has 19 heteroatoms. The molecule has 1 aliphatic rings. The van der Waals surface area contributed by atoms with E-state index < -0.39 is 32.6 Å². The number of halogens is 3. The number of benzene rings is 6. The zero-order chi connectivity index (χ0) is 40.9. The van der Waals surface area contributed by atoms with Crippen LogP contribution in [0.2, 0.25) is 0 Å². The van der Waals surface area contributed by atoms with Gasteiger partial charge in [0, 0.05) is 46.7 Å². The van der Waals surface area contributed by atoms with Crippen LogP contribution in [0.15, 0.2) is 126 Å². The molecule has 6 aromatic carbocycles. The van der Waals surface area contributed by atoms with Crippen LogP contribution in [0.3, 0.4) is 0 Å². The molecular weight excluding hydrogens is 920 g/mol. The van der Waals surface area contributed by atoms with E-state index in [4.69, 9.17) is 14.8 Å². The van der Waals surface area contributed by atoms with Crippen LogP contribution in [0.5, 0.6) is 0 Å². The second-order valence-electron chi connectivity index (χ2n) is 11.6. The molecule has 1 saturated heterocycles. The van der Waals surface area contributed by atoms with E-state index in [0.29, 0.717) is 28.9 Å². The Hall–Kier alpha value is -1.25. The topological polar surface area (TPSA) is 185 Å². The Morgan fingerprint density at radius 3 is 1.63 bits per heavy atom. The summed E-state index contributed by atoms with van der Waals surface area (Å²) in [4.78, 5) is 32.0. The summed E-state index contributed by atoms with van der Waals surface area (Å²) >= 11 is 0.886. The van der Waals surface area contributed by atoms with Gasteiger partial charge in [-0.1, -0.05) is 94.8 Å². The third-order valence-electron chi connectivity index (χ3n) is 7.96. The maximum absolute atomic E-state index is 13.4. The number of carbonyl (C=O) groups excluding carboxylic acids is 1. The second kappa shape index (κ2) is 32.4. The van der Waals surface area contributed by atoms with Crippen molar-refractivity contribution < 1.29 is 181 Å². The van der Waals surface area contributed by atoms with Crippen molar-refractivity contribution in [2.24, 2.45) is 0 Å². The Balaban J connectivity index is 0. The number of nitro benzene ring substituents is 2. The summed E-state index contributed by atoms with van der Waals surface area (Å²) in [6, 6.07) is 33.7. The van der Waals surface area contributed by atoms with Gasteiger partial charge in [0.15, 0.2) is 0 Å². The normalized spacial score (nSPS) is 11.3. The Kier molecular flexibility index (Phi) is 31.7. The zero-order valence-corrected chi connectivity index (χ0v) is 43.2. The van der Waals surface area contributed by atoms with Crippen LogP contribution in [0.4, 0.5) is 20.2 Å². The summed E-state index contributed by atoms with van der Waals surface area (Å²) in [5, 5.41) is 34.1. The average molecular weight is 956 g/mol. The van der Waals surface area contributed by atoms with E-state index in [9.17, 15) is 37.8 Å². The number of carbonyl (C=O) groups is 1. The van der Waals surface area contributed by atoms with Crippen LogP contribution in [0.1, 0.15) is 31.0 Å². The van der Waals surface area contributed by atoms with E-state index >= 15 is 0 Å². The Bertz CT molecular complexity index is 2250. The molecule has 0 radical (unpaired) electrons. The van der Waals surface area contributed by atoms with Crippen molar-refractivity contribution >= 4 is 66.4 Å². The van der Waals surface area contributed by atoms with Gasteiger partial charge < -0.3 is 20.9 Å². The Morgan fingerprint density at radius 2 is 1.15 bits per heavy atom. The smallest absolute Gasteiger partial charge is 1.00 e. The number of hydrogen-bond donors (Lipinski definition) is 0. The molecule has 1 unspecified atom stereocenters. The van der Waals surface area contributed by atoms with Crippen molar-refractivity contribution in [3.8, 4) is 0 Å². The van der Waals surface area contributed by atoms with Gasteiger partial charge in [0.1, 0.15) is 11.6 Å². The minimum Gasteiger partial charge on any atom is -1.00 e. The van der Waals surface area contributed by atoms with Crippen molar-refractivity contribution in [1.82, 2.24) is 0 Å². The van der Waals surface area contributed by atoms with Gasteiger partial charge in [0.25, 0.3) is 17.8 Å². The molecule has 6 aromatic rings. The van der Waals surface area contributed by atoms with E-state index in [0.717, 1.165) is 64.6 Å². The van der Waals surface area contributed by atoms with Crippen LogP contribution < -0.4 is 138 Å². The molecule has 0 bridgehead atoms. The van der Waals surface area contributed by atoms with Crippen LogP contribution in [-0.2, 0) is 43.7 Å². The van der Waals surface area contributed by atoms with E-state index in [2.05, 4.69) is 20.8 Å². The first-order chi connectivity index (χ1) is 27.0. The number of rotatable bonds is 8. The van der Waals surface area contributed by atoms with Crippen molar-refractivity contribution in [1.29, 1.82) is 0 Å². The molecule has 0 N–H and O–H groups in total. The Labute approximate surface area is 459 Å². The van der Waals surface area contributed by atoms with Gasteiger partial charge in [-0.05, 0) is 94.2 Å². The fourth-order valence-corrected chi connectivity index (χ4v) is 6.41. The summed E-state index contributed by atoms with van der Waals surface area (Å²) in [5.74, 6) is -0.909. The molecule has 1 heterocycles. The van der Waals surface area contributed by atoms with Gasteiger partial charge in [0.2, 0.25) is 0 Å². The van der Waals surface area contributed by atoms with Crippen molar-refractivity contribution in [2.45, 2.75) is 35.9 Å².